The Balaban J connectivity index is 1.87. The molecule has 0 aliphatic rings. The number of carbonyl (C=O) groups excluding carboxylic acids is 3. The predicted octanol–water partition coefficient (Wildman–Crippen LogP) is 4.84. The van der Waals surface area contributed by atoms with Crippen molar-refractivity contribution in [1.82, 2.24) is 0 Å². The molecule has 5 N–H and O–H groups in total. The van der Waals surface area contributed by atoms with Crippen molar-refractivity contribution >= 4 is 34.8 Å². The number of hydrogen-bond acceptors (Lipinski definition) is 8. The number of aromatic hydroxyl groups is 1. The van der Waals surface area contributed by atoms with Gasteiger partial charge in [-0.1, -0.05) is 0 Å². The molecule has 0 aliphatic carbocycles. The van der Waals surface area contributed by atoms with Crippen LogP contribution in [0.1, 0.15) is 58.8 Å². The van der Waals surface area contributed by atoms with Crippen LogP contribution in [0, 0.1) is 0 Å². The summed E-state index contributed by atoms with van der Waals surface area (Å²) in [6, 6.07) is 13.6. The first-order valence-corrected chi connectivity index (χ1v) is 11.9. The molecule has 0 spiro atoms. The van der Waals surface area contributed by atoms with Crippen LogP contribution >= 0.6 is 0 Å². The van der Waals surface area contributed by atoms with Crippen LogP contribution in [0.25, 0.3) is 0 Å². The number of phenols is 1. The van der Waals surface area contributed by atoms with Crippen molar-refractivity contribution < 1.29 is 33.7 Å². The van der Waals surface area contributed by atoms with E-state index in [1.807, 2.05) is 13.8 Å². The van der Waals surface area contributed by atoms with Gasteiger partial charge in [0.15, 0.2) is 11.5 Å². The van der Waals surface area contributed by atoms with Crippen molar-refractivity contribution in [3.05, 3.63) is 71.3 Å². The first-order chi connectivity index (χ1) is 18.0. The topological polar surface area (TPSA) is 149 Å². The lowest BCUT2D eigenvalue weighted by Crippen LogP contribution is -2.17. The number of rotatable bonds is 9. The number of phenolic OH excluding ortho intramolecular Hbond substituents is 1. The van der Waals surface area contributed by atoms with Gasteiger partial charge < -0.3 is 35.7 Å². The SMILES string of the molecule is COc1c(C(=O)Nc2ccc(C(=O)OC(C)C)cc2OC(C)C)ccc(NC(=O)c2ccc(N)cc2)c1O. The highest BCUT2D eigenvalue weighted by Crippen LogP contribution is 2.38. The monoisotopic (exact) mass is 521 g/mol. The molecule has 0 saturated carbocycles. The van der Waals surface area contributed by atoms with E-state index in [-0.39, 0.29) is 40.5 Å². The molecular weight excluding hydrogens is 490 g/mol. The summed E-state index contributed by atoms with van der Waals surface area (Å²) in [5.41, 5.74) is 7.12. The largest absolute Gasteiger partial charge is 0.503 e. The number of hydrogen-bond donors (Lipinski definition) is 4. The number of nitrogens with two attached hydrogens (primary N) is 1. The summed E-state index contributed by atoms with van der Waals surface area (Å²) in [6.45, 7) is 7.11. The number of carbonyl (C=O) groups is 3. The van der Waals surface area contributed by atoms with Gasteiger partial charge in [0, 0.05) is 11.3 Å². The fraction of sp³-hybridized carbons (Fsp3) is 0.250. The van der Waals surface area contributed by atoms with Crippen molar-refractivity contribution in [2.24, 2.45) is 0 Å². The average molecular weight is 522 g/mol. The van der Waals surface area contributed by atoms with Crippen molar-refractivity contribution in [2.75, 3.05) is 23.5 Å². The van der Waals surface area contributed by atoms with Crippen LogP contribution in [-0.2, 0) is 4.74 Å². The van der Waals surface area contributed by atoms with E-state index in [9.17, 15) is 19.5 Å². The molecule has 0 aliphatic heterocycles. The zero-order valence-electron chi connectivity index (χ0n) is 21.8. The molecule has 0 saturated heterocycles. The highest BCUT2D eigenvalue weighted by atomic mass is 16.5. The Hall–Kier alpha value is -4.73. The third kappa shape index (κ3) is 6.73. The van der Waals surface area contributed by atoms with Crippen LogP contribution in [-0.4, -0.2) is 42.2 Å². The van der Waals surface area contributed by atoms with Gasteiger partial charge >= 0.3 is 5.97 Å². The summed E-state index contributed by atoms with van der Waals surface area (Å²) in [5, 5.41) is 16.1. The minimum Gasteiger partial charge on any atom is -0.503 e. The summed E-state index contributed by atoms with van der Waals surface area (Å²) in [5.74, 6) is -1.90. The van der Waals surface area contributed by atoms with Crippen LogP contribution in [0.3, 0.4) is 0 Å². The van der Waals surface area contributed by atoms with Crippen molar-refractivity contribution in [1.29, 1.82) is 0 Å². The number of methoxy groups -OCH3 is 1. The zero-order valence-corrected chi connectivity index (χ0v) is 21.8. The smallest absolute Gasteiger partial charge is 0.338 e. The van der Waals surface area contributed by atoms with Gasteiger partial charge in [-0.05, 0) is 82.3 Å². The Kier molecular flexibility index (Phi) is 8.80. The van der Waals surface area contributed by atoms with Gasteiger partial charge in [-0.2, -0.15) is 0 Å². The Labute approximate surface area is 220 Å². The van der Waals surface area contributed by atoms with Crippen LogP contribution < -0.4 is 25.8 Å². The van der Waals surface area contributed by atoms with Gasteiger partial charge in [0.1, 0.15) is 5.75 Å². The summed E-state index contributed by atoms with van der Waals surface area (Å²) in [7, 11) is 1.29. The second-order valence-corrected chi connectivity index (χ2v) is 8.90. The quantitative estimate of drug-likeness (QED) is 0.178. The highest BCUT2D eigenvalue weighted by molar-refractivity contribution is 6.10. The molecule has 3 rings (SSSR count). The number of benzene rings is 3. The molecule has 3 aromatic rings. The van der Waals surface area contributed by atoms with Crippen molar-refractivity contribution in [3.63, 3.8) is 0 Å². The van der Waals surface area contributed by atoms with E-state index in [2.05, 4.69) is 10.6 Å². The Bertz CT molecular complexity index is 1340. The van der Waals surface area contributed by atoms with Crippen LogP contribution in [0.2, 0.25) is 0 Å². The lowest BCUT2D eigenvalue weighted by atomic mass is 10.1. The fourth-order valence-corrected chi connectivity index (χ4v) is 3.46. The van der Waals surface area contributed by atoms with E-state index < -0.39 is 23.5 Å². The van der Waals surface area contributed by atoms with Gasteiger partial charge in [0.2, 0.25) is 0 Å². The molecule has 0 radical (unpaired) electrons. The van der Waals surface area contributed by atoms with Gasteiger partial charge in [-0.25, -0.2) is 4.79 Å². The van der Waals surface area contributed by atoms with Gasteiger partial charge in [0.25, 0.3) is 11.8 Å². The number of nitrogen functional groups attached to an aromatic ring is 1. The minimum absolute atomic E-state index is 0.00859. The first kappa shape index (κ1) is 27.9. The molecule has 10 nitrogen and oxygen atoms in total. The maximum Gasteiger partial charge on any atom is 0.338 e. The second kappa shape index (κ2) is 12.0. The Morgan fingerprint density at radius 1 is 0.816 bits per heavy atom. The molecule has 0 aromatic heterocycles. The fourth-order valence-electron chi connectivity index (χ4n) is 3.46. The molecular formula is C28H31N3O7. The van der Waals surface area contributed by atoms with E-state index in [1.54, 1.807) is 38.1 Å². The molecule has 0 fully saturated rings. The molecule has 2 amide bonds. The molecule has 0 unspecified atom stereocenters. The van der Waals surface area contributed by atoms with E-state index in [1.165, 1.54) is 37.4 Å². The minimum atomic E-state index is -0.611. The average Bonchev–Trinajstić information content (AvgIpc) is 2.85. The van der Waals surface area contributed by atoms with E-state index in [0.29, 0.717) is 16.9 Å². The van der Waals surface area contributed by atoms with Gasteiger partial charge in [0.05, 0.1) is 41.8 Å². The number of anilines is 3. The van der Waals surface area contributed by atoms with Gasteiger partial charge in [-0.15, -0.1) is 0 Å². The van der Waals surface area contributed by atoms with E-state index in [0.717, 1.165) is 0 Å². The maximum absolute atomic E-state index is 13.2. The molecule has 200 valence electrons. The predicted molar refractivity (Wildman–Crippen MR) is 144 cm³/mol. The zero-order chi connectivity index (χ0) is 28.0. The highest BCUT2D eigenvalue weighted by Gasteiger charge is 2.22. The summed E-state index contributed by atoms with van der Waals surface area (Å²) >= 11 is 0. The van der Waals surface area contributed by atoms with Crippen molar-refractivity contribution in [3.8, 4) is 17.2 Å². The summed E-state index contributed by atoms with van der Waals surface area (Å²) in [4.78, 5) is 38.1. The van der Waals surface area contributed by atoms with Crippen molar-refractivity contribution in [2.45, 2.75) is 39.9 Å². The van der Waals surface area contributed by atoms with Gasteiger partial charge in [-0.3, -0.25) is 9.59 Å². The van der Waals surface area contributed by atoms with Crippen LogP contribution in [0.4, 0.5) is 17.1 Å². The molecule has 10 heteroatoms. The second-order valence-electron chi connectivity index (χ2n) is 8.90. The number of esters is 1. The van der Waals surface area contributed by atoms with E-state index in [4.69, 9.17) is 19.9 Å². The standard InChI is InChI=1S/C28H31N3O7/c1-15(2)37-23-14-18(28(35)38-16(3)4)8-12-21(23)30-27(34)20-11-13-22(24(32)25(20)36-5)31-26(33)17-6-9-19(29)10-7-17/h6-16,32H,29H2,1-5H3,(H,30,34)(H,31,33). The lowest BCUT2D eigenvalue weighted by Gasteiger charge is -2.18. The summed E-state index contributed by atoms with van der Waals surface area (Å²) < 4.78 is 16.3. The van der Waals surface area contributed by atoms with E-state index >= 15 is 0 Å². The Morgan fingerprint density at radius 3 is 2.03 bits per heavy atom. The first-order valence-electron chi connectivity index (χ1n) is 11.9. The number of nitrogens with one attached hydrogen (secondary N) is 2. The molecule has 0 atom stereocenters. The molecule has 3 aromatic carbocycles. The number of ether oxygens (including phenoxy) is 3. The lowest BCUT2D eigenvalue weighted by molar-refractivity contribution is 0.0377. The normalized spacial score (nSPS) is 10.7. The maximum atomic E-state index is 13.2. The molecule has 38 heavy (non-hydrogen) atoms. The molecule has 0 heterocycles. The van der Waals surface area contributed by atoms with Crippen LogP contribution in [0.5, 0.6) is 17.2 Å². The number of amides is 2. The Morgan fingerprint density at radius 2 is 1.42 bits per heavy atom. The van der Waals surface area contributed by atoms with Crippen LogP contribution in [0.15, 0.2) is 54.6 Å². The third-order valence-corrected chi connectivity index (χ3v) is 5.17. The molecule has 0 bridgehead atoms. The summed E-state index contributed by atoms with van der Waals surface area (Å²) in [6.07, 6.45) is -0.541. The third-order valence-electron chi connectivity index (χ3n) is 5.17.